The van der Waals surface area contributed by atoms with Crippen LogP contribution in [-0.4, -0.2) is 32.8 Å². The lowest BCUT2D eigenvalue weighted by atomic mass is 10.1. The van der Waals surface area contributed by atoms with Crippen LogP contribution in [0.1, 0.15) is 35.9 Å². The van der Waals surface area contributed by atoms with Gasteiger partial charge in [-0.05, 0) is 12.5 Å². The number of aromatic amines is 1. The number of rotatable bonds is 8. The molecule has 0 bridgehead atoms. The molecule has 1 amide bonds. The van der Waals surface area contributed by atoms with Gasteiger partial charge in [-0.2, -0.15) is 0 Å². The van der Waals surface area contributed by atoms with Crippen molar-refractivity contribution in [3.63, 3.8) is 0 Å². The molecule has 0 aliphatic heterocycles. The van der Waals surface area contributed by atoms with Crippen molar-refractivity contribution in [2.75, 3.05) is 12.3 Å². The molecule has 0 aliphatic carbocycles. The lowest BCUT2D eigenvalue weighted by Gasteiger charge is -2.07. The van der Waals surface area contributed by atoms with Crippen LogP contribution in [0.4, 0.5) is 5.82 Å². The zero-order chi connectivity index (χ0) is 20.1. The first-order valence-electron chi connectivity index (χ1n) is 9.21. The lowest BCUT2D eigenvalue weighted by Crippen LogP contribution is -2.30. The van der Waals surface area contributed by atoms with Crippen LogP contribution in [0.15, 0.2) is 41.3 Å². The number of H-pyrrole nitrogens is 1. The van der Waals surface area contributed by atoms with E-state index in [-0.39, 0.29) is 29.6 Å². The summed E-state index contributed by atoms with van der Waals surface area (Å²) in [5.74, 6) is 0.452. The standard InChI is InChI=1S/C20H23N5O3/c1-2-5-16(26)14-11-25(15-7-4-3-6-13(14)15)12-20(28)22-9-8-18-23-17(21)10-19(27)24-18/h3-4,6-7,10-11H,2,5,8-9,12H2,1H3,(H,22,28)(H3,21,23,24,27). The van der Waals surface area contributed by atoms with E-state index in [1.165, 1.54) is 6.07 Å². The highest BCUT2D eigenvalue weighted by Gasteiger charge is 2.15. The second-order valence-corrected chi connectivity index (χ2v) is 6.58. The number of fused-ring (bicyclic) bond motifs is 1. The molecule has 3 rings (SSSR count). The highest BCUT2D eigenvalue weighted by molar-refractivity contribution is 6.08. The summed E-state index contributed by atoms with van der Waals surface area (Å²) in [6.07, 6.45) is 3.36. The van der Waals surface area contributed by atoms with Gasteiger partial charge < -0.3 is 20.6 Å². The normalized spacial score (nSPS) is 10.9. The first-order valence-corrected chi connectivity index (χ1v) is 9.21. The van der Waals surface area contributed by atoms with E-state index in [0.29, 0.717) is 30.8 Å². The Morgan fingerprint density at radius 3 is 2.82 bits per heavy atom. The number of aromatic nitrogens is 3. The second-order valence-electron chi connectivity index (χ2n) is 6.58. The van der Waals surface area contributed by atoms with Crippen molar-refractivity contribution >= 4 is 28.4 Å². The molecule has 0 radical (unpaired) electrons. The van der Waals surface area contributed by atoms with E-state index in [1.807, 2.05) is 31.2 Å². The summed E-state index contributed by atoms with van der Waals surface area (Å²) in [5, 5.41) is 3.66. The molecule has 8 heteroatoms. The molecule has 0 aliphatic rings. The summed E-state index contributed by atoms with van der Waals surface area (Å²) >= 11 is 0. The van der Waals surface area contributed by atoms with E-state index in [2.05, 4.69) is 15.3 Å². The maximum absolute atomic E-state index is 12.4. The van der Waals surface area contributed by atoms with E-state index in [4.69, 9.17) is 5.73 Å². The van der Waals surface area contributed by atoms with Crippen LogP contribution in [0.2, 0.25) is 0 Å². The summed E-state index contributed by atoms with van der Waals surface area (Å²) in [4.78, 5) is 42.7. The molecule has 28 heavy (non-hydrogen) atoms. The zero-order valence-electron chi connectivity index (χ0n) is 15.7. The van der Waals surface area contributed by atoms with Crippen LogP contribution >= 0.6 is 0 Å². The molecule has 8 nitrogen and oxygen atoms in total. The van der Waals surface area contributed by atoms with Crippen LogP contribution in [-0.2, 0) is 17.8 Å². The quantitative estimate of drug-likeness (QED) is 0.512. The number of carbonyl (C=O) groups is 2. The monoisotopic (exact) mass is 381 g/mol. The summed E-state index contributed by atoms with van der Waals surface area (Å²) in [6.45, 7) is 2.37. The number of amides is 1. The maximum atomic E-state index is 12.4. The summed E-state index contributed by atoms with van der Waals surface area (Å²) in [5.41, 5.74) is 6.71. The van der Waals surface area contributed by atoms with Gasteiger partial charge in [-0.25, -0.2) is 4.98 Å². The minimum atomic E-state index is -0.322. The topological polar surface area (TPSA) is 123 Å². The first kappa shape index (κ1) is 19.3. The van der Waals surface area contributed by atoms with Gasteiger partial charge in [0.1, 0.15) is 18.2 Å². The number of benzene rings is 1. The van der Waals surface area contributed by atoms with Crippen molar-refractivity contribution in [2.45, 2.75) is 32.7 Å². The Bertz CT molecular complexity index is 1070. The molecule has 0 fully saturated rings. The Labute approximate surface area is 161 Å². The van der Waals surface area contributed by atoms with Crippen molar-refractivity contribution in [3.05, 3.63) is 58.3 Å². The molecule has 0 saturated heterocycles. The number of Topliss-reactive ketones (excluding diaryl/α,β-unsaturated/α-hetero) is 1. The van der Waals surface area contributed by atoms with Gasteiger partial charge >= 0.3 is 0 Å². The fourth-order valence-electron chi connectivity index (χ4n) is 3.14. The Balaban J connectivity index is 1.67. The number of carbonyl (C=O) groups excluding carboxylic acids is 2. The Morgan fingerprint density at radius 1 is 1.29 bits per heavy atom. The number of ketones is 1. The average Bonchev–Trinajstić information content (AvgIpc) is 3.00. The van der Waals surface area contributed by atoms with Gasteiger partial charge in [0.15, 0.2) is 5.78 Å². The number of nitrogen functional groups attached to an aromatic ring is 1. The van der Waals surface area contributed by atoms with Gasteiger partial charge in [0.2, 0.25) is 5.91 Å². The lowest BCUT2D eigenvalue weighted by molar-refractivity contribution is -0.121. The molecule has 2 heterocycles. The van der Waals surface area contributed by atoms with Gasteiger partial charge in [-0.3, -0.25) is 14.4 Å². The molecule has 3 aromatic rings. The SMILES string of the molecule is CCCC(=O)c1cn(CC(=O)NCCc2nc(N)cc(=O)[nH]2)c2ccccc12. The molecular weight excluding hydrogens is 358 g/mol. The minimum absolute atomic E-state index is 0.0783. The third-order valence-electron chi connectivity index (χ3n) is 4.37. The Morgan fingerprint density at radius 2 is 2.07 bits per heavy atom. The number of nitrogens with one attached hydrogen (secondary N) is 2. The maximum Gasteiger partial charge on any atom is 0.252 e. The third kappa shape index (κ3) is 4.46. The molecule has 146 valence electrons. The first-order chi connectivity index (χ1) is 13.5. The van der Waals surface area contributed by atoms with Gasteiger partial charge in [-0.1, -0.05) is 25.1 Å². The van der Waals surface area contributed by atoms with E-state index in [0.717, 1.165) is 17.3 Å². The van der Waals surface area contributed by atoms with Crippen LogP contribution in [0.25, 0.3) is 10.9 Å². The summed E-state index contributed by atoms with van der Waals surface area (Å²) < 4.78 is 1.79. The van der Waals surface area contributed by atoms with Crippen molar-refractivity contribution in [1.82, 2.24) is 19.9 Å². The predicted molar refractivity (Wildman–Crippen MR) is 107 cm³/mol. The number of hydrogen-bond donors (Lipinski definition) is 3. The number of para-hydroxylation sites is 1. The van der Waals surface area contributed by atoms with Gasteiger partial charge in [0, 0.05) is 48.1 Å². The minimum Gasteiger partial charge on any atom is -0.383 e. The number of hydrogen-bond acceptors (Lipinski definition) is 5. The van der Waals surface area contributed by atoms with Crippen LogP contribution in [0.3, 0.4) is 0 Å². The molecule has 4 N–H and O–H groups in total. The van der Waals surface area contributed by atoms with E-state index in [1.54, 1.807) is 10.8 Å². The molecule has 0 saturated carbocycles. The molecular formula is C20H23N5O3. The van der Waals surface area contributed by atoms with E-state index in [9.17, 15) is 14.4 Å². The molecule has 0 spiro atoms. The van der Waals surface area contributed by atoms with Gasteiger partial charge in [0.05, 0.1) is 0 Å². The van der Waals surface area contributed by atoms with Crippen LogP contribution in [0, 0.1) is 0 Å². The summed E-state index contributed by atoms with van der Waals surface area (Å²) in [7, 11) is 0. The van der Waals surface area contributed by atoms with Gasteiger partial charge in [0.25, 0.3) is 5.56 Å². The Kier molecular flexibility index (Phi) is 5.88. The fourth-order valence-corrected chi connectivity index (χ4v) is 3.14. The average molecular weight is 381 g/mol. The zero-order valence-corrected chi connectivity index (χ0v) is 15.7. The molecule has 0 unspecified atom stereocenters. The number of nitrogens with two attached hydrogens (primary N) is 1. The Hall–Kier alpha value is -3.42. The van der Waals surface area contributed by atoms with E-state index >= 15 is 0 Å². The highest BCUT2D eigenvalue weighted by Crippen LogP contribution is 2.23. The number of anilines is 1. The van der Waals surface area contributed by atoms with Crippen LogP contribution in [0.5, 0.6) is 0 Å². The third-order valence-corrected chi connectivity index (χ3v) is 4.37. The van der Waals surface area contributed by atoms with E-state index < -0.39 is 0 Å². The van der Waals surface area contributed by atoms with Crippen molar-refractivity contribution in [2.24, 2.45) is 0 Å². The molecule has 1 aromatic carbocycles. The van der Waals surface area contributed by atoms with Crippen molar-refractivity contribution < 1.29 is 9.59 Å². The second kappa shape index (κ2) is 8.51. The molecule has 2 aromatic heterocycles. The predicted octanol–water partition coefficient (Wildman–Crippen LogP) is 1.65. The molecule has 0 atom stereocenters. The van der Waals surface area contributed by atoms with Crippen molar-refractivity contribution in [3.8, 4) is 0 Å². The summed E-state index contributed by atoms with van der Waals surface area (Å²) in [6, 6.07) is 8.76. The number of nitrogens with zero attached hydrogens (tertiary/aromatic N) is 2. The fraction of sp³-hybridized carbons (Fsp3) is 0.300. The smallest absolute Gasteiger partial charge is 0.252 e. The largest absolute Gasteiger partial charge is 0.383 e. The van der Waals surface area contributed by atoms with Gasteiger partial charge in [-0.15, -0.1) is 0 Å². The van der Waals surface area contributed by atoms with Crippen molar-refractivity contribution in [1.29, 1.82) is 0 Å². The highest BCUT2D eigenvalue weighted by atomic mass is 16.2. The van der Waals surface area contributed by atoms with Crippen LogP contribution < -0.4 is 16.6 Å².